The number of halogens is 1. The van der Waals surface area contributed by atoms with E-state index < -0.39 is 11.7 Å². The highest BCUT2D eigenvalue weighted by molar-refractivity contribution is 6.28. The second-order valence-electron chi connectivity index (χ2n) is 5.21. The first-order chi connectivity index (χ1) is 8.33. The Bertz CT molecular complexity index is 476. The molecule has 18 heavy (non-hydrogen) atoms. The molecule has 0 aliphatic carbocycles. The van der Waals surface area contributed by atoms with Gasteiger partial charge in [0, 0.05) is 6.20 Å². The summed E-state index contributed by atoms with van der Waals surface area (Å²) in [6.07, 6.45) is 1.13. The fraction of sp³-hybridized carbons (Fsp3) is 0.583. The van der Waals surface area contributed by atoms with E-state index >= 15 is 0 Å². The van der Waals surface area contributed by atoms with E-state index in [9.17, 15) is 4.79 Å². The molecule has 1 aromatic heterocycles. The van der Waals surface area contributed by atoms with Crippen LogP contribution in [-0.2, 0) is 4.74 Å². The summed E-state index contributed by atoms with van der Waals surface area (Å²) in [7, 11) is 0. The molecular formula is C12H16ClN3O2. The van der Waals surface area contributed by atoms with E-state index in [-0.39, 0.29) is 17.2 Å². The lowest BCUT2D eigenvalue weighted by Gasteiger charge is -2.31. The smallest absolute Gasteiger partial charge is 0.416 e. The molecule has 1 amide bonds. The predicted octanol–water partition coefficient (Wildman–Crippen LogP) is 2.89. The molecule has 2 rings (SSSR count). The second-order valence-corrected chi connectivity index (χ2v) is 5.55. The lowest BCUT2D eigenvalue weighted by Crippen LogP contribution is -2.45. The summed E-state index contributed by atoms with van der Waals surface area (Å²) in [5, 5.41) is 0.118. The highest BCUT2D eigenvalue weighted by Crippen LogP contribution is 2.36. The second kappa shape index (κ2) is 4.39. The van der Waals surface area contributed by atoms with Crippen LogP contribution in [0.2, 0.25) is 5.28 Å². The third-order valence-corrected chi connectivity index (χ3v) is 3.21. The van der Waals surface area contributed by atoms with E-state index in [0.29, 0.717) is 5.82 Å². The first-order valence-corrected chi connectivity index (χ1v) is 6.21. The molecule has 0 bridgehead atoms. The lowest BCUT2D eigenvalue weighted by atomic mass is 9.89. The lowest BCUT2D eigenvalue weighted by molar-refractivity contribution is 0.0592. The Labute approximate surface area is 111 Å². The maximum Gasteiger partial charge on any atom is 0.416 e. The van der Waals surface area contributed by atoms with Crippen LogP contribution in [0.1, 0.15) is 27.7 Å². The van der Waals surface area contributed by atoms with Gasteiger partial charge in [0.2, 0.25) is 5.28 Å². The Morgan fingerprint density at radius 2 is 2.17 bits per heavy atom. The number of amides is 1. The molecule has 98 valence electrons. The van der Waals surface area contributed by atoms with Gasteiger partial charge in [-0.25, -0.2) is 14.8 Å². The molecule has 0 N–H and O–H groups in total. The van der Waals surface area contributed by atoms with Crippen LogP contribution in [0, 0.1) is 5.92 Å². The molecule has 0 spiro atoms. The number of rotatable bonds is 2. The van der Waals surface area contributed by atoms with Crippen LogP contribution in [0.15, 0.2) is 12.3 Å². The Hall–Kier alpha value is -1.36. The zero-order valence-electron chi connectivity index (χ0n) is 10.8. The molecule has 1 unspecified atom stereocenters. The van der Waals surface area contributed by atoms with Gasteiger partial charge < -0.3 is 4.74 Å². The van der Waals surface area contributed by atoms with Crippen LogP contribution in [0.3, 0.4) is 0 Å². The number of carbonyl (C=O) groups is 1. The van der Waals surface area contributed by atoms with Gasteiger partial charge in [0.1, 0.15) is 11.4 Å². The molecular weight excluding hydrogens is 254 g/mol. The maximum atomic E-state index is 12.0. The Morgan fingerprint density at radius 3 is 2.72 bits per heavy atom. The normalized spacial score (nSPS) is 22.4. The summed E-state index contributed by atoms with van der Waals surface area (Å²) in [6, 6.07) is 1.57. The monoisotopic (exact) mass is 269 g/mol. The van der Waals surface area contributed by atoms with Gasteiger partial charge in [-0.05, 0) is 37.4 Å². The molecule has 0 saturated carbocycles. The summed E-state index contributed by atoms with van der Waals surface area (Å²) in [5.74, 6) is 0.712. The van der Waals surface area contributed by atoms with Gasteiger partial charge in [0.05, 0.1) is 6.04 Å². The summed E-state index contributed by atoms with van der Waals surface area (Å²) >= 11 is 5.77. The van der Waals surface area contributed by atoms with Crippen molar-refractivity contribution < 1.29 is 9.53 Å². The SMILES string of the molecule is CC(C)C1N(c2ccnc(Cl)n2)C(=O)OC1(C)C. The van der Waals surface area contributed by atoms with E-state index in [4.69, 9.17) is 16.3 Å². The van der Waals surface area contributed by atoms with Crippen LogP contribution < -0.4 is 4.90 Å². The molecule has 1 aromatic rings. The number of ether oxygens (including phenoxy) is 1. The number of anilines is 1. The van der Waals surface area contributed by atoms with Crippen LogP contribution in [0.5, 0.6) is 0 Å². The van der Waals surface area contributed by atoms with E-state index in [1.54, 1.807) is 11.0 Å². The van der Waals surface area contributed by atoms with Crippen molar-refractivity contribution in [2.75, 3.05) is 4.90 Å². The number of carbonyl (C=O) groups excluding carboxylic acids is 1. The van der Waals surface area contributed by atoms with Crippen LogP contribution in [0.4, 0.5) is 10.6 Å². The van der Waals surface area contributed by atoms with Crippen molar-refractivity contribution in [2.45, 2.75) is 39.3 Å². The molecule has 1 fully saturated rings. The molecule has 1 atom stereocenters. The quantitative estimate of drug-likeness (QED) is 0.775. The molecule has 0 aromatic carbocycles. The molecule has 6 heteroatoms. The number of nitrogens with zero attached hydrogens (tertiary/aromatic N) is 3. The van der Waals surface area contributed by atoms with Crippen LogP contribution in [-0.4, -0.2) is 27.7 Å². The highest BCUT2D eigenvalue weighted by atomic mass is 35.5. The summed E-state index contributed by atoms with van der Waals surface area (Å²) in [4.78, 5) is 21.5. The van der Waals surface area contributed by atoms with Crippen molar-refractivity contribution in [2.24, 2.45) is 5.92 Å². The van der Waals surface area contributed by atoms with Crippen molar-refractivity contribution in [1.29, 1.82) is 0 Å². The molecule has 1 saturated heterocycles. The first-order valence-electron chi connectivity index (χ1n) is 5.83. The van der Waals surface area contributed by atoms with Gasteiger partial charge in [0.25, 0.3) is 0 Å². The Morgan fingerprint density at radius 1 is 1.50 bits per heavy atom. The number of aromatic nitrogens is 2. The van der Waals surface area contributed by atoms with Gasteiger partial charge in [0.15, 0.2) is 0 Å². The minimum Gasteiger partial charge on any atom is -0.441 e. The van der Waals surface area contributed by atoms with Crippen molar-refractivity contribution in [3.8, 4) is 0 Å². The van der Waals surface area contributed by atoms with Crippen LogP contribution in [0.25, 0.3) is 0 Å². The van der Waals surface area contributed by atoms with E-state index in [1.165, 1.54) is 6.20 Å². The summed E-state index contributed by atoms with van der Waals surface area (Å²) in [6.45, 7) is 7.89. The van der Waals surface area contributed by atoms with Gasteiger partial charge in [-0.3, -0.25) is 4.90 Å². The van der Waals surface area contributed by atoms with E-state index in [1.807, 2.05) is 27.7 Å². The molecule has 1 aliphatic heterocycles. The van der Waals surface area contributed by atoms with Crippen molar-refractivity contribution >= 4 is 23.5 Å². The Balaban J connectivity index is 2.45. The van der Waals surface area contributed by atoms with Gasteiger partial charge in [-0.15, -0.1) is 0 Å². The molecule has 2 heterocycles. The van der Waals surface area contributed by atoms with Crippen molar-refractivity contribution in [1.82, 2.24) is 9.97 Å². The van der Waals surface area contributed by atoms with Gasteiger partial charge in [-0.1, -0.05) is 13.8 Å². The largest absolute Gasteiger partial charge is 0.441 e. The molecule has 0 radical (unpaired) electrons. The zero-order chi connectivity index (χ0) is 13.5. The third-order valence-electron chi connectivity index (χ3n) is 3.03. The molecule has 1 aliphatic rings. The van der Waals surface area contributed by atoms with Crippen molar-refractivity contribution in [3.63, 3.8) is 0 Å². The maximum absolute atomic E-state index is 12.0. The predicted molar refractivity (Wildman–Crippen MR) is 68.7 cm³/mol. The summed E-state index contributed by atoms with van der Waals surface area (Å²) in [5.41, 5.74) is -0.553. The average Bonchev–Trinajstić information content (AvgIpc) is 2.47. The minimum absolute atomic E-state index is 0.0871. The average molecular weight is 270 g/mol. The third kappa shape index (κ3) is 2.14. The van der Waals surface area contributed by atoms with Gasteiger partial charge >= 0.3 is 6.09 Å². The fourth-order valence-corrected chi connectivity index (χ4v) is 2.70. The van der Waals surface area contributed by atoms with Crippen molar-refractivity contribution in [3.05, 3.63) is 17.5 Å². The van der Waals surface area contributed by atoms with E-state index in [2.05, 4.69) is 9.97 Å². The first kappa shape index (κ1) is 13.1. The van der Waals surface area contributed by atoms with E-state index in [0.717, 1.165) is 0 Å². The number of hydrogen-bond donors (Lipinski definition) is 0. The number of hydrogen-bond acceptors (Lipinski definition) is 4. The standard InChI is InChI=1S/C12H16ClN3O2/c1-7(2)9-12(3,4)18-11(17)16(9)8-5-6-14-10(13)15-8/h5-7,9H,1-4H3. The van der Waals surface area contributed by atoms with Crippen LogP contribution >= 0.6 is 11.6 Å². The summed E-state index contributed by atoms with van der Waals surface area (Å²) < 4.78 is 5.41. The fourth-order valence-electron chi connectivity index (χ4n) is 2.56. The zero-order valence-corrected chi connectivity index (χ0v) is 11.6. The topological polar surface area (TPSA) is 55.3 Å². The molecule has 5 nitrogen and oxygen atoms in total. The number of cyclic esters (lactones) is 1. The Kier molecular flexibility index (Phi) is 3.19. The highest BCUT2D eigenvalue weighted by Gasteiger charge is 2.50. The minimum atomic E-state index is -0.553. The van der Waals surface area contributed by atoms with Gasteiger partial charge in [-0.2, -0.15) is 0 Å².